The van der Waals surface area contributed by atoms with Gasteiger partial charge in [-0.1, -0.05) is 40.9 Å². The van der Waals surface area contributed by atoms with E-state index in [0.29, 0.717) is 15.9 Å². The zero-order valence-corrected chi connectivity index (χ0v) is 9.47. The van der Waals surface area contributed by atoms with E-state index in [1.807, 2.05) is 0 Å². The Bertz CT molecular complexity index is 565. The van der Waals surface area contributed by atoms with Gasteiger partial charge in [0.1, 0.15) is 0 Å². The molecule has 0 saturated heterocycles. The lowest BCUT2D eigenvalue weighted by molar-refractivity contribution is 0.459. The molecule has 0 atom stereocenters. The second-order valence-electron chi connectivity index (χ2n) is 2.78. The first-order chi connectivity index (χ1) is 7.09. The highest BCUT2D eigenvalue weighted by Gasteiger charge is 2.13. The number of hydrogen-bond acceptors (Lipinski definition) is 3. The van der Waals surface area contributed by atoms with Gasteiger partial charge in [-0.15, -0.1) is 0 Å². The maximum Gasteiger partial charge on any atom is 0.346 e. The largest absolute Gasteiger partial charge is 0.405 e. The summed E-state index contributed by atoms with van der Waals surface area (Å²) in [6, 6.07) is 4.83. The van der Waals surface area contributed by atoms with Gasteiger partial charge in [0.05, 0.1) is 15.9 Å². The van der Waals surface area contributed by atoms with Gasteiger partial charge in [0.2, 0.25) is 5.89 Å². The molecule has 3 nitrogen and oxygen atoms in total. The summed E-state index contributed by atoms with van der Waals surface area (Å²) in [6.45, 7) is 0. The minimum atomic E-state index is -0.988. The average molecular weight is 264 g/mol. The van der Waals surface area contributed by atoms with Crippen molar-refractivity contribution < 1.29 is 4.42 Å². The first-order valence-electron chi connectivity index (χ1n) is 3.97. The van der Waals surface area contributed by atoms with Crippen LogP contribution in [-0.2, 0) is 0 Å². The van der Waals surface area contributed by atoms with Gasteiger partial charge < -0.3 is 4.42 Å². The number of benzene rings is 1. The van der Waals surface area contributed by atoms with Crippen molar-refractivity contribution in [3.63, 3.8) is 0 Å². The topological polar surface area (TPSA) is 43.1 Å². The molecule has 0 aliphatic carbocycles. The predicted octanol–water partition coefficient (Wildman–Crippen LogP) is 3.32. The van der Waals surface area contributed by atoms with Gasteiger partial charge in [0, 0.05) is 0 Å². The van der Waals surface area contributed by atoms with Gasteiger partial charge in [0.25, 0.3) is 0 Å². The number of hydrogen-bond donors (Lipinski definition) is 0. The maximum absolute atomic E-state index is 11.5. The molecule has 15 heavy (non-hydrogen) atoms. The number of rotatable bonds is 1. The summed E-state index contributed by atoms with van der Waals surface area (Å²) in [5.41, 5.74) is -0.208. The van der Waals surface area contributed by atoms with E-state index >= 15 is 0 Å². The van der Waals surface area contributed by atoms with Crippen molar-refractivity contribution in [1.82, 2.24) is 4.98 Å². The molecule has 0 bridgehead atoms. The molecule has 1 aromatic carbocycles. The van der Waals surface area contributed by atoms with Crippen LogP contribution in [0.5, 0.6) is 0 Å². The third-order valence-corrected chi connectivity index (χ3v) is 2.49. The average Bonchev–Trinajstić information content (AvgIpc) is 2.19. The van der Waals surface area contributed by atoms with Crippen LogP contribution >= 0.6 is 34.8 Å². The van der Waals surface area contributed by atoms with E-state index in [9.17, 15) is 4.79 Å². The molecule has 0 aliphatic heterocycles. The molecule has 0 N–H and O–H groups in total. The Hall–Kier alpha value is -0.770. The summed E-state index contributed by atoms with van der Waals surface area (Å²) >= 11 is 17.0. The first-order valence-corrected chi connectivity index (χ1v) is 5.22. The molecular formula is C9H4Cl3NO2. The number of alkyl halides is 2. The van der Waals surface area contributed by atoms with Crippen LogP contribution in [0.1, 0.15) is 10.7 Å². The van der Waals surface area contributed by atoms with E-state index in [1.54, 1.807) is 18.2 Å². The lowest BCUT2D eigenvalue weighted by Crippen LogP contribution is -2.05. The summed E-state index contributed by atoms with van der Waals surface area (Å²) in [5, 5.41) is 0.663. The summed E-state index contributed by atoms with van der Waals surface area (Å²) in [4.78, 5) is 14.5. The van der Waals surface area contributed by atoms with Gasteiger partial charge in [0.15, 0.2) is 4.84 Å². The first kappa shape index (κ1) is 10.7. The predicted molar refractivity (Wildman–Crippen MR) is 59.7 cm³/mol. The molecule has 0 fully saturated rings. The summed E-state index contributed by atoms with van der Waals surface area (Å²) in [5.74, 6) is -0.0519. The highest BCUT2D eigenvalue weighted by molar-refractivity contribution is 6.43. The van der Waals surface area contributed by atoms with Crippen molar-refractivity contribution in [3.8, 4) is 0 Å². The Morgan fingerprint density at radius 2 is 2.07 bits per heavy atom. The molecule has 0 saturated carbocycles. The van der Waals surface area contributed by atoms with Crippen molar-refractivity contribution in [3.05, 3.63) is 39.5 Å². The van der Waals surface area contributed by atoms with E-state index in [-0.39, 0.29) is 5.89 Å². The van der Waals surface area contributed by atoms with Gasteiger partial charge in [-0.25, -0.2) is 9.78 Å². The maximum atomic E-state index is 11.5. The minimum Gasteiger partial charge on any atom is -0.405 e. The van der Waals surface area contributed by atoms with Crippen LogP contribution in [0.4, 0.5) is 0 Å². The molecule has 0 radical (unpaired) electrons. The third kappa shape index (κ3) is 1.95. The number of halogens is 3. The second-order valence-corrected chi connectivity index (χ2v) is 4.28. The van der Waals surface area contributed by atoms with Crippen molar-refractivity contribution in [2.45, 2.75) is 4.84 Å². The van der Waals surface area contributed by atoms with Crippen LogP contribution in [0.2, 0.25) is 5.02 Å². The number of para-hydroxylation sites is 1. The Labute approximate surface area is 99.6 Å². The van der Waals surface area contributed by atoms with E-state index < -0.39 is 10.5 Å². The van der Waals surface area contributed by atoms with Crippen molar-refractivity contribution in [2.75, 3.05) is 0 Å². The Balaban J connectivity index is 2.86. The molecule has 6 heteroatoms. The third-order valence-electron chi connectivity index (χ3n) is 1.81. The lowest BCUT2D eigenvalue weighted by atomic mass is 10.2. The number of aromatic nitrogens is 1. The van der Waals surface area contributed by atoms with Gasteiger partial charge in [-0.2, -0.15) is 0 Å². The minimum absolute atomic E-state index is 0.0519. The fourth-order valence-electron chi connectivity index (χ4n) is 1.17. The van der Waals surface area contributed by atoms with Crippen molar-refractivity contribution >= 4 is 45.7 Å². The Kier molecular flexibility index (Phi) is 2.87. The molecule has 0 amide bonds. The fourth-order valence-corrected chi connectivity index (χ4v) is 1.57. The van der Waals surface area contributed by atoms with Gasteiger partial charge in [-0.3, -0.25) is 0 Å². The molecular weight excluding hydrogens is 260 g/mol. The molecule has 2 aromatic rings. The molecule has 1 aromatic heterocycles. The van der Waals surface area contributed by atoms with Gasteiger partial charge >= 0.3 is 5.63 Å². The molecule has 0 spiro atoms. The monoisotopic (exact) mass is 263 g/mol. The molecule has 1 heterocycles. The van der Waals surface area contributed by atoms with Crippen LogP contribution in [0.15, 0.2) is 27.4 Å². The second kappa shape index (κ2) is 4.00. The van der Waals surface area contributed by atoms with Crippen LogP contribution in [0.3, 0.4) is 0 Å². The Morgan fingerprint density at radius 3 is 2.73 bits per heavy atom. The van der Waals surface area contributed by atoms with E-state index in [0.717, 1.165) is 0 Å². The van der Waals surface area contributed by atoms with Crippen LogP contribution in [-0.4, -0.2) is 4.98 Å². The van der Waals surface area contributed by atoms with Gasteiger partial charge in [-0.05, 0) is 12.1 Å². The SMILES string of the molecule is O=c1oc(C(Cl)Cl)nc2c(Cl)cccc12. The summed E-state index contributed by atoms with van der Waals surface area (Å²) < 4.78 is 4.82. The number of fused-ring (bicyclic) bond motifs is 1. The highest BCUT2D eigenvalue weighted by atomic mass is 35.5. The van der Waals surface area contributed by atoms with Crippen molar-refractivity contribution in [2.24, 2.45) is 0 Å². The molecule has 78 valence electrons. The molecule has 0 aliphatic rings. The zero-order valence-electron chi connectivity index (χ0n) is 7.21. The lowest BCUT2D eigenvalue weighted by Gasteiger charge is -2.02. The molecule has 2 rings (SSSR count). The summed E-state index contributed by atoms with van der Waals surface area (Å²) in [7, 11) is 0. The van der Waals surface area contributed by atoms with E-state index in [1.165, 1.54) is 0 Å². The smallest absolute Gasteiger partial charge is 0.346 e. The standard InChI is InChI=1S/C9H4Cl3NO2/c10-5-3-1-2-4-6(5)13-8(7(11)12)15-9(4)14/h1-3,7H. The number of nitrogens with zero attached hydrogens (tertiary/aromatic N) is 1. The summed E-state index contributed by atoms with van der Waals surface area (Å²) in [6.07, 6.45) is 0. The quantitative estimate of drug-likeness (QED) is 0.742. The van der Waals surface area contributed by atoms with E-state index in [4.69, 9.17) is 39.2 Å². The van der Waals surface area contributed by atoms with Crippen LogP contribution < -0.4 is 5.63 Å². The Morgan fingerprint density at radius 1 is 1.33 bits per heavy atom. The van der Waals surface area contributed by atoms with Crippen molar-refractivity contribution in [1.29, 1.82) is 0 Å². The normalized spacial score (nSPS) is 11.2. The van der Waals surface area contributed by atoms with E-state index in [2.05, 4.69) is 4.98 Å². The van der Waals surface area contributed by atoms with Crippen LogP contribution in [0.25, 0.3) is 10.9 Å². The highest BCUT2D eigenvalue weighted by Crippen LogP contribution is 2.25. The zero-order chi connectivity index (χ0) is 11.0. The van der Waals surface area contributed by atoms with Crippen LogP contribution in [0, 0.1) is 0 Å². The fraction of sp³-hybridized carbons (Fsp3) is 0.111. The molecule has 0 unspecified atom stereocenters.